The van der Waals surface area contributed by atoms with E-state index >= 15 is 0 Å². The molecule has 0 unspecified atom stereocenters. The van der Waals surface area contributed by atoms with E-state index < -0.39 is 0 Å². The zero-order valence-electron chi connectivity index (χ0n) is 11.6. The third kappa shape index (κ3) is 3.21. The normalized spacial score (nSPS) is 10.5. The molecule has 0 fully saturated rings. The third-order valence-corrected chi connectivity index (χ3v) is 2.75. The zero-order chi connectivity index (χ0) is 13.7. The lowest BCUT2D eigenvalue weighted by molar-refractivity contribution is 0.770. The third-order valence-electron chi connectivity index (χ3n) is 2.75. The first-order valence-electron chi connectivity index (χ1n) is 6.59. The molecule has 0 aliphatic carbocycles. The maximum absolute atomic E-state index is 4.33. The minimum Gasteiger partial charge on any atom is -0.370 e. The molecule has 2 N–H and O–H groups in total. The summed E-state index contributed by atoms with van der Waals surface area (Å²) in [7, 11) is 1.89. The minimum atomic E-state index is 0.793. The van der Waals surface area contributed by atoms with Crippen molar-refractivity contribution in [1.29, 1.82) is 0 Å². The molecule has 19 heavy (non-hydrogen) atoms. The van der Waals surface area contributed by atoms with Crippen LogP contribution in [0.4, 0.5) is 17.5 Å². The summed E-state index contributed by atoms with van der Waals surface area (Å²) >= 11 is 0. The Morgan fingerprint density at radius 1 is 1.21 bits per heavy atom. The summed E-state index contributed by atoms with van der Waals surface area (Å²) in [5, 5.41) is 10.8. The lowest BCUT2D eigenvalue weighted by Gasteiger charge is -2.13. The summed E-state index contributed by atoms with van der Waals surface area (Å²) < 4.78 is 1.76. The fraction of sp³-hybridized carbons (Fsp3) is 0.462. The van der Waals surface area contributed by atoms with Gasteiger partial charge in [0.25, 0.3) is 0 Å². The quantitative estimate of drug-likeness (QED) is 0.834. The van der Waals surface area contributed by atoms with Crippen molar-refractivity contribution in [3.8, 4) is 0 Å². The Hall–Kier alpha value is -2.11. The molecule has 6 heteroatoms. The zero-order valence-corrected chi connectivity index (χ0v) is 11.6. The maximum Gasteiger partial charge on any atom is 0.153 e. The summed E-state index contributed by atoms with van der Waals surface area (Å²) in [4.78, 5) is 8.64. The smallest absolute Gasteiger partial charge is 0.153 e. The van der Waals surface area contributed by atoms with Crippen LogP contribution in [0.15, 0.2) is 18.6 Å². The molecular formula is C13H20N6. The Morgan fingerprint density at radius 2 is 2.00 bits per heavy atom. The standard InChI is InChI=1S/C13H20N6/c1-4-6-10-12(14-5-2)15-9-16-13(10)17-11-7-8-19(3)18-11/h7-9H,4-6H2,1-3H3,(H2,14,15,16,17,18). The lowest BCUT2D eigenvalue weighted by Crippen LogP contribution is -2.08. The molecule has 0 aliphatic heterocycles. The number of hydrogen-bond donors (Lipinski definition) is 2. The molecule has 0 radical (unpaired) electrons. The van der Waals surface area contributed by atoms with Gasteiger partial charge in [0, 0.05) is 31.4 Å². The lowest BCUT2D eigenvalue weighted by atomic mass is 10.1. The largest absolute Gasteiger partial charge is 0.370 e. The summed E-state index contributed by atoms with van der Waals surface area (Å²) in [6.45, 7) is 5.05. The summed E-state index contributed by atoms with van der Waals surface area (Å²) in [6, 6.07) is 1.92. The molecule has 0 spiro atoms. The van der Waals surface area contributed by atoms with Gasteiger partial charge in [-0.3, -0.25) is 4.68 Å². The number of aryl methyl sites for hydroxylation is 1. The predicted octanol–water partition coefficient (Wildman–Crippen LogP) is 2.34. The molecule has 6 nitrogen and oxygen atoms in total. The average Bonchev–Trinajstić information content (AvgIpc) is 2.79. The molecule has 2 heterocycles. The number of nitrogens with one attached hydrogen (secondary N) is 2. The molecule has 0 saturated carbocycles. The van der Waals surface area contributed by atoms with Crippen molar-refractivity contribution in [3.05, 3.63) is 24.2 Å². The second kappa shape index (κ2) is 6.17. The number of nitrogens with zero attached hydrogens (tertiary/aromatic N) is 4. The van der Waals surface area contributed by atoms with E-state index in [-0.39, 0.29) is 0 Å². The van der Waals surface area contributed by atoms with Gasteiger partial charge in [-0.1, -0.05) is 13.3 Å². The first kappa shape index (κ1) is 13.3. The molecule has 0 amide bonds. The number of rotatable bonds is 6. The van der Waals surface area contributed by atoms with E-state index in [4.69, 9.17) is 0 Å². The van der Waals surface area contributed by atoms with Crippen LogP contribution in [0.3, 0.4) is 0 Å². The van der Waals surface area contributed by atoms with Gasteiger partial charge in [0.05, 0.1) is 0 Å². The van der Waals surface area contributed by atoms with E-state index in [1.807, 2.05) is 19.3 Å². The molecular weight excluding hydrogens is 240 g/mol. The van der Waals surface area contributed by atoms with Crippen molar-refractivity contribution in [3.63, 3.8) is 0 Å². The number of hydrogen-bond acceptors (Lipinski definition) is 5. The van der Waals surface area contributed by atoms with Crippen molar-refractivity contribution in [2.75, 3.05) is 17.2 Å². The Bertz CT molecular complexity index is 534. The molecule has 0 bridgehead atoms. The molecule has 0 saturated heterocycles. The molecule has 2 rings (SSSR count). The van der Waals surface area contributed by atoms with Crippen LogP contribution in [0.25, 0.3) is 0 Å². The average molecular weight is 260 g/mol. The summed E-state index contributed by atoms with van der Waals surface area (Å²) in [5.74, 6) is 2.52. The van der Waals surface area contributed by atoms with Crippen molar-refractivity contribution in [1.82, 2.24) is 19.7 Å². The van der Waals surface area contributed by atoms with Crippen molar-refractivity contribution < 1.29 is 0 Å². The summed E-state index contributed by atoms with van der Waals surface area (Å²) in [5.41, 5.74) is 1.11. The molecule has 102 valence electrons. The van der Waals surface area contributed by atoms with Crippen molar-refractivity contribution in [2.45, 2.75) is 26.7 Å². The van der Waals surface area contributed by atoms with Gasteiger partial charge in [0.2, 0.25) is 0 Å². The number of anilines is 3. The Morgan fingerprint density at radius 3 is 2.63 bits per heavy atom. The van der Waals surface area contributed by atoms with E-state index in [2.05, 4.69) is 39.5 Å². The van der Waals surface area contributed by atoms with Crippen LogP contribution in [0, 0.1) is 0 Å². The molecule has 0 atom stereocenters. The van der Waals surface area contributed by atoms with E-state index in [0.29, 0.717) is 0 Å². The Kier molecular flexibility index (Phi) is 4.33. The first-order valence-corrected chi connectivity index (χ1v) is 6.59. The van der Waals surface area contributed by atoms with Crippen molar-refractivity contribution >= 4 is 17.5 Å². The van der Waals surface area contributed by atoms with Gasteiger partial charge in [0.1, 0.15) is 18.0 Å². The van der Waals surface area contributed by atoms with Crippen LogP contribution in [-0.2, 0) is 13.5 Å². The molecule has 2 aromatic heterocycles. The van der Waals surface area contributed by atoms with E-state index in [0.717, 1.165) is 42.4 Å². The first-order chi connectivity index (χ1) is 9.24. The van der Waals surface area contributed by atoms with Crippen LogP contribution >= 0.6 is 0 Å². The molecule has 0 aliphatic rings. The summed E-state index contributed by atoms with van der Waals surface area (Å²) in [6.07, 6.45) is 5.44. The highest BCUT2D eigenvalue weighted by Crippen LogP contribution is 2.23. The van der Waals surface area contributed by atoms with Gasteiger partial charge in [-0.05, 0) is 13.3 Å². The van der Waals surface area contributed by atoms with Gasteiger partial charge >= 0.3 is 0 Å². The SMILES string of the molecule is CCCc1c(NCC)ncnc1Nc1ccn(C)n1. The van der Waals surface area contributed by atoms with Crippen LogP contribution < -0.4 is 10.6 Å². The van der Waals surface area contributed by atoms with Crippen LogP contribution in [0.5, 0.6) is 0 Å². The highest BCUT2D eigenvalue weighted by Gasteiger charge is 2.11. The van der Waals surface area contributed by atoms with Crippen LogP contribution in [-0.4, -0.2) is 26.3 Å². The topological polar surface area (TPSA) is 67.7 Å². The molecule has 0 aromatic carbocycles. The Balaban J connectivity index is 2.29. The highest BCUT2D eigenvalue weighted by molar-refractivity contribution is 5.62. The number of aromatic nitrogens is 4. The maximum atomic E-state index is 4.33. The fourth-order valence-electron chi connectivity index (χ4n) is 1.93. The Labute approximate surface area is 113 Å². The monoisotopic (exact) mass is 260 g/mol. The van der Waals surface area contributed by atoms with Crippen LogP contribution in [0.2, 0.25) is 0 Å². The van der Waals surface area contributed by atoms with Crippen molar-refractivity contribution in [2.24, 2.45) is 7.05 Å². The van der Waals surface area contributed by atoms with E-state index in [9.17, 15) is 0 Å². The predicted molar refractivity (Wildman–Crippen MR) is 76.7 cm³/mol. The van der Waals surface area contributed by atoms with E-state index in [1.54, 1.807) is 11.0 Å². The second-order valence-corrected chi connectivity index (χ2v) is 4.33. The minimum absolute atomic E-state index is 0.793. The van der Waals surface area contributed by atoms with Gasteiger partial charge in [-0.25, -0.2) is 9.97 Å². The van der Waals surface area contributed by atoms with Gasteiger partial charge in [0.15, 0.2) is 5.82 Å². The highest BCUT2D eigenvalue weighted by atomic mass is 15.3. The van der Waals surface area contributed by atoms with Gasteiger partial charge in [-0.15, -0.1) is 0 Å². The van der Waals surface area contributed by atoms with Gasteiger partial charge in [-0.2, -0.15) is 5.10 Å². The van der Waals surface area contributed by atoms with E-state index in [1.165, 1.54) is 0 Å². The second-order valence-electron chi connectivity index (χ2n) is 4.33. The molecule has 2 aromatic rings. The van der Waals surface area contributed by atoms with Gasteiger partial charge < -0.3 is 10.6 Å². The van der Waals surface area contributed by atoms with Crippen LogP contribution in [0.1, 0.15) is 25.8 Å². The fourth-order valence-corrected chi connectivity index (χ4v) is 1.93.